The molecule has 1 aromatic heterocycles. The molecule has 27 heavy (non-hydrogen) atoms. The summed E-state index contributed by atoms with van der Waals surface area (Å²) in [4.78, 5) is 3.69. The van der Waals surface area contributed by atoms with Crippen LogP contribution in [0.15, 0.2) is 81.5 Å². The number of hydrogen-bond acceptors (Lipinski definition) is 5. The van der Waals surface area contributed by atoms with Gasteiger partial charge < -0.3 is 0 Å². The molecule has 2 aromatic carbocycles. The lowest BCUT2D eigenvalue weighted by Gasteiger charge is -2.12. The van der Waals surface area contributed by atoms with Gasteiger partial charge in [0.05, 0.1) is 14.7 Å². The van der Waals surface area contributed by atoms with Crippen molar-refractivity contribution in [1.82, 2.24) is 4.98 Å². The molecule has 0 bridgehead atoms. The van der Waals surface area contributed by atoms with Gasteiger partial charge in [0.15, 0.2) is 0 Å². The molecule has 3 rings (SSSR count). The largest absolute Gasteiger partial charge is 0.263 e. The van der Waals surface area contributed by atoms with E-state index < -0.39 is 19.9 Å². The van der Waals surface area contributed by atoms with Crippen LogP contribution in [0.3, 0.4) is 0 Å². The summed E-state index contributed by atoms with van der Waals surface area (Å²) >= 11 is 5.80. The van der Waals surface area contributed by atoms with Crippen molar-refractivity contribution >= 4 is 37.3 Å². The molecular weight excluding hydrogens is 408 g/mol. The van der Waals surface area contributed by atoms with Gasteiger partial charge in [-0.25, -0.2) is 21.8 Å². The van der Waals surface area contributed by atoms with Crippen LogP contribution >= 0.6 is 11.6 Å². The SMILES string of the molecule is Cc1ccc(S(=O)(=O)c2ccc(Cl)cc2)cc1S(=O)(=O)Nc1ccccn1. The zero-order valence-electron chi connectivity index (χ0n) is 14.1. The lowest BCUT2D eigenvalue weighted by atomic mass is 10.2. The Morgan fingerprint density at radius 1 is 0.889 bits per heavy atom. The van der Waals surface area contributed by atoms with Crippen molar-refractivity contribution in [3.63, 3.8) is 0 Å². The number of pyridine rings is 1. The standard InChI is InChI=1S/C18H15ClN2O4S2/c1-13-5-8-16(26(22,23)15-9-6-14(19)7-10-15)12-17(13)27(24,25)21-18-4-2-3-11-20-18/h2-12H,1H3,(H,20,21). The van der Waals surface area contributed by atoms with Gasteiger partial charge in [0.25, 0.3) is 10.0 Å². The number of anilines is 1. The van der Waals surface area contributed by atoms with Crippen molar-refractivity contribution in [1.29, 1.82) is 0 Å². The van der Waals surface area contributed by atoms with Gasteiger partial charge in [0.1, 0.15) is 5.82 Å². The van der Waals surface area contributed by atoms with E-state index in [4.69, 9.17) is 11.6 Å². The maximum Gasteiger partial charge on any atom is 0.263 e. The highest BCUT2D eigenvalue weighted by Gasteiger charge is 2.23. The van der Waals surface area contributed by atoms with E-state index in [0.717, 1.165) is 6.07 Å². The van der Waals surface area contributed by atoms with E-state index in [1.165, 1.54) is 48.7 Å². The minimum atomic E-state index is -4.01. The zero-order valence-corrected chi connectivity index (χ0v) is 16.5. The van der Waals surface area contributed by atoms with Gasteiger partial charge in [0.2, 0.25) is 9.84 Å². The lowest BCUT2D eigenvalue weighted by Crippen LogP contribution is -2.16. The van der Waals surface area contributed by atoms with E-state index in [-0.39, 0.29) is 20.5 Å². The molecule has 1 N–H and O–H groups in total. The Balaban J connectivity index is 2.05. The Morgan fingerprint density at radius 2 is 1.56 bits per heavy atom. The second-order valence-electron chi connectivity index (χ2n) is 5.71. The molecule has 1 heterocycles. The average molecular weight is 423 g/mol. The third kappa shape index (κ3) is 4.13. The molecule has 0 aliphatic carbocycles. The first-order chi connectivity index (χ1) is 12.7. The van der Waals surface area contributed by atoms with Crippen molar-refractivity contribution in [2.75, 3.05) is 4.72 Å². The van der Waals surface area contributed by atoms with E-state index in [0.29, 0.717) is 10.6 Å². The topological polar surface area (TPSA) is 93.2 Å². The summed E-state index contributed by atoms with van der Waals surface area (Å²) < 4.78 is 53.4. The van der Waals surface area contributed by atoms with Crippen molar-refractivity contribution in [3.05, 3.63) is 77.4 Å². The first kappa shape index (κ1) is 19.3. The number of hydrogen-bond donors (Lipinski definition) is 1. The summed E-state index contributed by atoms with van der Waals surface area (Å²) in [5.74, 6) is 0.142. The Bertz CT molecular complexity index is 1180. The van der Waals surface area contributed by atoms with Crippen LogP contribution in [0.1, 0.15) is 5.56 Å². The van der Waals surface area contributed by atoms with Crippen molar-refractivity contribution in [3.8, 4) is 0 Å². The van der Waals surface area contributed by atoms with E-state index in [9.17, 15) is 16.8 Å². The van der Waals surface area contributed by atoms with Crippen LogP contribution in [0.2, 0.25) is 5.02 Å². The molecular formula is C18H15ClN2O4S2. The maximum atomic E-state index is 12.8. The smallest absolute Gasteiger partial charge is 0.263 e. The molecule has 0 aliphatic rings. The van der Waals surface area contributed by atoms with Crippen LogP contribution < -0.4 is 4.72 Å². The zero-order chi connectivity index (χ0) is 19.7. The number of sulfonamides is 1. The fourth-order valence-electron chi connectivity index (χ4n) is 2.40. The quantitative estimate of drug-likeness (QED) is 0.677. The van der Waals surface area contributed by atoms with Gasteiger partial charge in [-0.3, -0.25) is 4.72 Å². The minimum Gasteiger partial charge on any atom is -0.263 e. The third-order valence-electron chi connectivity index (χ3n) is 3.79. The van der Waals surface area contributed by atoms with E-state index in [1.54, 1.807) is 19.1 Å². The second kappa shape index (κ2) is 7.30. The summed E-state index contributed by atoms with van der Waals surface area (Å²) in [6.07, 6.45) is 1.45. The number of aryl methyl sites for hydroxylation is 1. The maximum absolute atomic E-state index is 12.8. The Morgan fingerprint density at radius 3 is 2.19 bits per heavy atom. The van der Waals surface area contributed by atoms with Gasteiger partial charge in [-0.2, -0.15) is 0 Å². The highest BCUT2D eigenvalue weighted by molar-refractivity contribution is 7.93. The number of sulfone groups is 1. The van der Waals surface area contributed by atoms with Crippen molar-refractivity contribution in [2.45, 2.75) is 21.6 Å². The Labute approximate surface area is 162 Å². The summed E-state index contributed by atoms with van der Waals surface area (Å²) in [7, 11) is -7.91. The van der Waals surface area contributed by atoms with Crippen LogP contribution in [0.25, 0.3) is 0 Å². The summed E-state index contributed by atoms with van der Waals surface area (Å²) in [6.45, 7) is 1.59. The van der Waals surface area contributed by atoms with Crippen molar-refractivity contribution < 1.29 is 16.8 Å². The molecule has 0 atom stereocenters. The van der Waals surface area contributed by atoms with Gasteiger partial charge in [0, 0.05) is 11.2 Å². The number of aromatic nitrogens is 1. The van der Waals surface area contributed by atoms with E-state index in [2.05, 4.69) is 9.71 Å². The summed E-state index contributed by atoms with van der Waals surface area (Å²) in [6, 6.07) is 14.4. The number of nitrogens with zero attached hydrogens (tertiary/aromatic N) is 1. The molecule has 0 radical (unpaired) electrons. The fraction of sp³-hybridized carbons (Fsp3) is 0.0556. The van der Waals surface area contributed by atoms with Gasteiger partial charge in [-0.05, 0) is 61.0 Å². The van der Waals surface area contributed by atoms with Crippen LogP contribution in [0.4, 0.5) is 5.82 Å². The van der Waals surface area contributed by atoms with E-state index in [1.807, 2.05) is 0 Å². The van der Waals surface area contributed by atoms with Gasteiger partial charge >= 0.3 is 0 Å². The number of rotatable bonds is 5. The van der Waals surface area contributed by atoms with Gasteiger partial charge in [-0.1, -0.05) is 23.7 Å². The lowest BCUT2D eigenvalue weighted by molar-refractivity contribution is 0.595. The Hall–Kier alpha value is -2.42. The summed E-state index contributed by atoms with van der Waals surface area (Å²) in [5, 5.41) is 0.403. The molecule has 0 fully saturated rings. The number of nitrogens with one attached hydrogen (secondary N) is 1. The highest BCUT2D eigenvalue weighted by Crippen LogP contribution is 2.27. The molecule has 0 spiro atoms. The van der Waals surface area contributed by atoms with Gasteiger partial charge in [-0.15, -0.1) is 0 Å². The molecule has 0 saturated heterocycles. The monoisotopic (exact) mass is 422 g/mol. The predicted molar refractivity (Wildman–Crippen MR) is 103 cm³/mol. The minimum absolute atomic E-state index is 0.0248. The first-order valence-electron chi connectivity index (χ1n) is 7.75. The molecule has 9 heteroatoms. The molecule has 140 valence electrons. The van der Waals surface area contributed by atoms with Crippen LogP contribution in [-0.4, -0.2) is 21.8 Å². The number of benzene rings is 2. The fourth-order valence-corrected chi connectivity index (χ4v) is 5.17. The van der Waals surface area contributed by atoms with Crippen LogP contribution in [0, 0.1) is 6.92 Å². The summed E-state index contributed by atoms with van der Waals surface area (Å²) in [5.41, 5.74) is 0.411. The van der Waals surface area contributed by atoms with E-state index >= 15 is 0 Å². The molecule has 6 nitrogen and oxygen atoms in total. The first-order valence-corrected chi connectivity index (χ1v) is 11.1. The highest BCUT2D eigenvalue weighted by atomic mass is 35.5. The molecule has 3 aromatic rings. The molecule has 0 saturated carbocycles. The normalized spacial score (nSPS) is 11.9. The Kier molecular flexibility index (Phi) is 5.23. The predicted octanol–water partition coefficient (Wildman–Crippen LogP) is 3.68. The third-order valence-corrected chi connectivity index (χ3v) is 7.30. The number of halogens is 1. The molecule has 0 unspecified atom stereocenters. The molecule has 0 aliphatic heterocycles. The average Bonchev–Trinajstić information content (AvgIpc) is 2.62. The molecule has 0 amide bonds. The van der Waals surface area contributed by atoms with Crippen molar-refractivity contribution in [2.24, 2.45) is 0 Å². The second-order valence-corrected chi connectivity index (χ2v) is 9.74. The van der Waals surface area contributed by atoms with Crippen LogP contribution in [-0.2, 0) is 19.9 Å². The van der Waals surface area contributed by atoms with Crippen LogP contribution in [0.5, 0.6) is 0 Å².